The molecule has 3 nitrogen and oxygen atoms in total. The van der Waals surface area contributed by atoms with Crippen LogP contribution >= 0.6 is 0 Å². The van der Waals surface area contributed by atoms with E-state index in [4.69, 9.17) is 0 Å². The van der Waals surface area contributed by atoms with Gasteiger partial charge in [-0.25, -0.2) is 13.1 Å². The van der Waals surface area contributed by atoms with Gasteiger partial charge in [-0.15, -0.1) is 0 Å². The zero-order valence-corrected chi connectivity index (χ0v) is 4.53. The molecule has 1 N–H and O–H groups in total. The standard InChI is InChI=1S/C3H6NO2S/c1-3-7(5,6)4-2/h3-4H,1-2H2. The van der Waals surface area contributed by atoms with Crippen molar-refractivity contribution in [3.05, 3.63) is 19.0 Å². The lowest BCUT2D eigenvalue weighted by atomic mass is 11.3. The van der Waals surface area contributed by atoms with Crippen LogP contribution in [-0.2, 0) is 10.0 Å². The minimum Gasteiger partial charge on any atom is -0.210 e. The third-order valence-electron chi connectivity index (χ3n) is 0.421. The normalized spacial score (nSPS) is 11.0. The van der Waals surface area contributed by atoms with Crippen molar-refractivity contribution in [2.24, 2.45) is 0 Å². The number of hydrogen-bond donors (Lipinski definition) is 1. The van der Waals surface area contributed by atoms with Gasteiger partial charge in [-0.2, -0.15) is 0 Å². The Morgan fingerprint density at radius 1 is 1.57 bits per heavy atom. The molecule has 0 aliphatic rings. The lowest BCUT2D eigenvalue weighted by Gasteiger charge is -1.87. The van der Waals surface area contributed by atoms with Gasteiger partial charge in [0.05, 0.1) is 0 Å². The summed E-state index contributed by atoms with van der Waals surface area (Å²) < 4.78 is 21.9. The second kappa shape index (κ2) is 2.09. The highest BCUT2D eigenvalue weighted by atomic mass is 32.2. The Hall–Kier alpha value is -0.350. The van der Waals surface area contributed by atoms with Crippen LogP contribution < -0.4 is 4.72 Å². The summed E-state index contributed by atoms with van der Waals surface area (Å²) in [6.07, 6.45) is 0. The molecule has 0 saturated heterocycles. The zero-order valence-electron chi connectivity index (χ0n) is 3.72. The van der Waals surface area contributed by atoms with Crippen LogP contribution in [0.2, 0.25) is 0 Å². The van der Waals surface area contributed by atoms with Gasteiger partial charge in [0, 0.05) is 12.5 Å². The number of hydrogen-bond acceptors (Lipinski definition) is 2. The lowest BCUT2D eigenvalue weighted by molar-refractivity contribution is 0.599. The Morgan fingerprint density at radius 2 is 2.00 bits per heavy atom. The van der Waals surface area contributed by atoms with E-state index in [0.717, 1.165) is 5.41 Å². The fraction of sp³-hybridized carbons (Fsp3) is 0. The van der Waals surface area contributed by atoms with E-state index in [1.165, 1.54) is 0 Å². The largest absolute Gasteiger partial charge is 0.233 e. The summed E-state index contributed by atoms with van der Waals surface area (Å²) >= 11 is 0. The van der Waals surface area contributed by atoms with Gasteiger partial charge in [0.15, 0.2) is 0 Å². The van der Waals surface area contributed by atoms with Crippen molar-refractivity contribution < 1.29 is 8.42 Å². The van der Waals surface area contributed by atoms with Crippen LogP contribution in [-0.4, -0.2) is 8.42 Å². The van der Waals surface area contributed by atoms with E-state index in [1.54, 1.807) is 4.72 Å². The average molecular weight is 120 g/mol. The molecule has 0 aromatic rings. The zero-order chi connectivity index (χ0) is 5.91. The smallest absolute Gasteiger partial charge is 0.210 e. The molecule has 0 atom stereocenters. The van der Waals surface area contributed by atoms with Crippen molar-refractivity contribution in [2.75, 3.05) is 0 Å². The van der Waals surface area contributed by atoms with E-state index in [1.807, 2.05) is 0 Å². The molecule has 0 rings (SSSR count). The molecule has 0 heterocycles. The van der Waals surface area contributed by atoms with Crippen molar-refractivity contribution >= 4 is 10.0 Å². The number of nitrogens with one attached hydrogen (secondary N) is 1. The minimum atomic E-state index is -3.25. The van der Waals surface area contributed by atoms with E-state index in [2.05, 4.69) is 13.6 Å². The van der Waals surface area contributed by atoms with Crippen LogP contribution in [0, 0.1) is 7.05 Å². The van der Waals surface area contributed by atoms with Crippen LogP contribution in [0.1, 0.15) is 0 Å². The van der Waals surface area contributed by atoms with Crippen LogP contribution in [0.15, 0.2) is 12.0 Å². The van der Waals surface area contributed by atoms with Gasteiger partial charge in [-0.05, 0) is 0 Å². The number of rotatable bonds is 2. The Labute approximate surface area is 43.1 Å². The molecule has 41 valence electrons. The second-order valence-corrected chi connectivity index (χ2v) is 2.57. The van der Waals surface area contributed by atoms with Gasteiger partial charge in [0.2, 0.25) is 10.0 Å². The van der Waals surface area contributed by atoms with Crippen molar-refractivity contribution in [1.82, 2.24) is 4.72 Å². The van der Waals surface area contributed by atoms with Crippen molar-refractivity contribution in [3.8, 4) is 0 Å². The predicted octanol–water partition coefficient (Wildman–Crippen LogP) is -0.159. The molecule has 0 aliphatic heterocycles. The highest BCUT2D eigenvalue weighted by molar-refractivity contribution is 7.92. The first-order valence-corrected chi connectivity index (χ1v) is 3.08. The van der Waals surface area contributed by atoms with Crippen LogP contribution in [0.25, 0.3) is 0 Å². The lowest BCUT2D eigenvalue weighted by Crippen LogP contribution is -2.11. The summed E-state index contributed by atoms with van der Waals surface area (Å²) in [6.45, 7) is 3.01. The molecule has 0 bridgehead atoms. The maximum absolute atomic E-state index is 10.1. The summed E-state index contributed by atoms with van der Waals surface area (Å²) in [7, 11) is -0.336. The molecule has 0 aliphatic carbocycles. The summed E-state index contributed by atoms with van der Waals surface area (Å²) in [5, 5.41) is 0.792. The molecule has 0 spiro atoms. The van der Waals surface area contributed by atoms with Crippen LogP contribution in [0.3, 0.4) is 0 Å². The molecule has 0 amide bonds. The predicted molar refractivity (Wildman–Crippen MR) is 27.6 cm³/mol. The monoisotopic (exact) mass is 120 g/mol. The number of sulfonamides is 1. The van der Waals surface area contributed by atoms with Gasteiger partial charge in [-0.1, -0.05) is 6.58 Å². The maximum atomic E-state index is 10.1. The van der Waals surface area contributed by atoms with Gasteiger partial charge in [-0.3, -0.25) is 0 Å². The Bertz CT molecular complexity index is 146. The van der Waals surface area contributed by atoms with E-state index in [0.29, 0.717) is 0 Å². The van der Waals surface area contributed by atoms with Gasteiger partial charge in [0.1, 0.15) is 0 Å². The van der Waals surface area contributed by atoms with Gasteiger partial charge >= 0.3 is 0 Å². The molecule has 0 saturated carbocycles. The summed E-state index contributed by atoms with van der Waals surface area (Å²) in [6, 6.07) is 0. The van der Waals surface area contributed by atoms with E-state index < -0.39 is 10.0 Å². The molecule has 0 unspecified atom stereocenters. The SMILES string of the molecule is [CH2]NS(=O)(=O)C=C. The van der Waals surface area contributed by atoms with Crippen molar-refractivity contribution in [1.29, 1.82) is 0 Å². The van der Waals surface area contributed by atoms with E-state index in [-0.39, 0.29) is 0 Å². The van der Waals surface area contributed by atoms with Crippen LogP contribution in [0.5, 0.6) is 0 Å². The fourth-order valence-corrected chi connectivity index (χ4v) is 0.177. The Kier molecular flexibility index (Phi) is 1.98. The first-order chi connectivity index (χ1) is 3.12. The van der Waals surface area contributed by atoms with E-state index in [9.17, 15) is 8.42 Å². The van der Waals surface area contributed by atoms with Gasteiger partial charge < -0.3 is 0 Å². The first-order valence-electron chi connectivity index (χ1n) is 1.53. The molecule has 0 aromatic carbocycles. The Balaban J connectivity index is 4.17. The highest BCUT2D eigenvalue weighted by Crippen LogP contribution is 1.77. The molecule has 1 radical (unpaired) electrons. The summed E-state index contributed by atoms with van der Waals surface area (Å²) in [5.41, 5.74) is 0. The van der Waals surface area contributed by atoms with E-state index >= 15 is 0 Å². The third kappa shape index (κ3) is 2.36. The van der Waals surface area contributed by atoms with Crippen molar-refractivity contribution in [2.45, 2.75) is 0 Å². The highest BCUT2D eigenvalue weighted by Gasteiger charge is 1.93. The second-order valence-electron chi connectivity index (χ2n) is 0.856. The molecular formula is C3H6NO2S. The molecule has 0 aromatic heterocycles. The quantitative estimate of drug-likeness (QED) is 0.550. The molecule has 4 heteroatoms. The Morgan fingerprint density at radius 3 is 2.00 bits per heavy atom. The van der Waals surface area contributed by atoms with Crippen LogP contribution in [0.4, 0.5) is 0 Å². The molecule has 0 fully saturated rings. The minimum absolute atomic E-state index is 0.792. The topological polar surface area (TPSA) is 46.2 Å². The molecule has 7 heavy (non-hydrogen) atoms. The molecular weight excluding hydrogens is 114 g/mol. The fourth-order valence-electron chi connectivity index (χ4n) is 0.0589. The first kappa shape index (κ1) is 6.65. The van der Waals surface area contributed by atoms with Crippen molar-refractivity contribution in [3.63, 3.8) is 0 Å². The maximum Gasteiger partial charge on any atom is 0.233 e. The van der Waals surface area contributed by atoms with Gasteiger partial charge in [0.25, 0.3) is 0 Å². The summed E-state index contributed by atoms with van der Waals surface area (Å²) in [5.74, 6) is 0. The average Bonchev–Trinajstić information content (AvgIpc) is 1.68. The summed E-state index contributed by atoms with van der Waals surface area (Å²) in [4.78, 5) is 0. The third-order valence-corrected chi connectivity index (χ3v) is 1.26.